The van der Waals surface area contributed by atoms with E-state index in [0.717, 1.165) is 36.8 Å². The van der Waals surface area contributed by atoms with Crippen molar-refractivity contribution in [2.45, 2.75) is 70.8 Å². The zero-order valence-corrected chi connectivity index (χ0v) is 13.5. The minimum absolute atomic E-state index is 0.326. The van der Waals surface area contributed by atoms with Gasteiger partial charge in [0.1, 0.15) is 0 Å². The Balaban J connectivity index is 1.64. The quantitative estimate of drug-likeness (QED) is 0.840. The first-order chi connectivity index (χ1) is 9.72. The van der Waals surface area contributed by atoms with Crippen LogP contribution in [0.25, 0.3) is 0 Å². The van der Waals surface area contributed by atoms with Crippen molar-refractivity contribution in [3.63, 3.8) is 0 Å². The van der Waals surface area contributed by atoms with E-state index in [1.54, 1.807) is 0 Å². The molecule has 0 aromatic rings. The Morgan fingerprint density at radius 1 is 1.20 bits per heavy atom. The van der Waals surface area contributed by atoms with Gasteiger partial charge in [0, 0.05) is 6.61 Å². The van der Waals surface area contributed by atoms with Crippen molar-refractivity contribution in [3.05, 3.63) is 0 Å². The van der Waals surface area contributed by atoms with Crippen molar-refractivity contribution in [3.8, 4) is 0 Å². The van der Waals surface area contributed by atoms with E-state index in [1.165, 1.54) is 57.9 Å². The number of hydrogen-bond acceptors (Lipinski definition) is 2. The van der Waals surface area contributed by atoms with Gasteiger partial charge >= 0.3 is 0 Å². The topological polar surface area (TPSA) is 21.3 Å². The molecule has 3 rings (SSSR count). The van der Waals surface area contributed by atoms with Gasteiger partial charge in [0.25, 0.3) is 0 Å². The third kappa shape index (κ3) is 3.06. The summed E-state index contributed by atoms with van der Waals surface area (Å²) in [5, 5.41) is 3.62. The minimum atomic E-state index is 0.326. The first-order valence-electron chi connectivity index (χ1n) is 9.07. The average Bonchev–Trinajstić information content (AvgIpc) is 2.44. The summed E-state index contributed by atoms with van der Waals surface area (Å²) in [6.45, 7) is 8.10. The van der Waals surface area contributed by atoms with Gasteiger partial charge in [-0.15, -0.1) is 0 Å². The molecule has 2 heteroatoms. The Hall–Kier alpha value is -0.0800. The molecule has 2 aliphatic carbocycles. The molecular weight excluding hydrogens is 246 g/mol. The van der Waals surface area contributed by atoms with Crippen molar-refractivity contribution >= 4 is 0 Å². The molecule has 0 aromatic heterocycles. The maximum absolute atomic E-state index is 6.15. The van der Waals surface area contributed by atoms with Crippen LogP contribution in [0.3, 0.4) is 0 Å². The summed E-state index contributed by atoms with van der Waals surface area (Å²) in [5.41, 5.74) is 0.326. The molecule has 1 saturated heterocycles. The van der Waals surface area contributed by atoms with Crippen LogP contribution in [0.5, 0.6) is 0 Å². The molecule has 2 nitrogen and oxygen atoms in total. The SMILES string of the molecule is CCNCC1CCC(C)CC1C1CCOC2(CCC2)C1. The number of ether oxygens (including phenoxy) is 1. The second-order valence-electron chi connectivity index (χ2n) is 7.79. The van der Waals surface area contributed by atoms with Gasteiger partial charge in [-0.05, 0) is 81.7 Å². The van der Waals surface area contributed by atoms with Crippen LogP contribution in [0.1, 0.15) is 65.2 Å². The smallest absolute Gasteiger partial charge is 0.0685 e. The van der Waals surface area contributed by atoms with Crippen LogP contribution < -0.4 is 5.32 Å². The van der Waals surface area contributed by atoms with Gasteiger partial charge in [-0.25, -0.2) is 0 Å². The van der Waals surface area contributed by atoms with E-state index in [4.69, 9.17) is 4.74 Å². The fourth-order valence-electron chi connectivity index (χ4n) is 5.00. The van der Waals surface area contributed by atoms with Crippen LogP contribution in [0.4, 0.5) is 0 Å². The molecule has 1 heterocycles. The lowest BCUT2D eigenvalue weighted by atomic mass is 9.62. The zero-order chi connectivity index (χ0) is 14.0. The van der Waals surface area contributed by atoms with Gasteiger partial charge in [0.15, 0.2) is 0 Å². The van der Waals surface area contributed by atoms with E-state index in [9.17, 15) is 0 Å². The van der Waals surface area contributed by atoms with Crippen LogP contribution >= 0.6 is 0 Å². The maximum atomic E-state index is 6.15. The molecule has 0 bridgehead atoms. The molecule has 20 heavy (non-hydrogen) atoms. The molecule has 4 unspecified atom stereocenters. The molecule has 0 radical (unpaired) electrons. The summed E-state index contributed by atoms with van der Waals surface area (Å²) >= 11 is 0. The largest absolute Gasteiger partial charge is 0.375 e. The molecule has 4 atom stereocenters. The Kier molecular flexibility index (Phi) is 4.72. The second-order valence-corrected chi connectivity index (χ2v) is 7.79. The zero-order valence-electron chi connectivity index (χ0n) is 13.5. The Labute approximate surface area is 125 Å². The normalized spacial score (nSPS) is 40.5. The van der Waals surface area contributed by atoms with Crippen LogP contribution in [0.15, 0.2) is 0 Å². The predicted molar refractivity (Wildman–Crippen MR) is 83.8 cm³/mol. The lowest BCUT2D eigenvalue weighted by molar-refractivity contribution is -0.155. The molecule has 0 amide bonds. The Bertz CT molecular complexity index is 311. The highest BCUT2D eigenvalue weighted by Crippen LogP contribution is 2.49. The summed E-state index contributed by atoms with van der Waals surface area (Å²) in [5.74, 6) is 3.76. The summed E-state index contributed by atoms with van der Waals surface area (Å²) in [4.78, 5) is 0. The fourth-order valence-corrected chi connectivity index (χ4v) is 5.00. The molecule has 1 N–H and O–H groups in total. The maximum Gasteiger partial charge on any atom is 0.0685 e. The summed E-state index contributed by atoms with van der Waals surface area (Å²) in [7, 11) is 0. The first kappa shape index (κ1) is 14.8. The minimum Gasteiger partial charge on any atom is -0.375 e. The second kappa shape index (κ2) is 6.36. The van der Waals surface area contributed by atoms with Crippen molar-refractivity contribution < 1.29 is 4.74 Å². The van der Waals surface area contributed by atoms with E-state index in [2.05, 4.69) is 19.2 Å². The average molecular weight is 279 g/mol. The monoisotopic (exact) mass is 279 g/mol. The molecular formula is C18H33NO. The van der Waals surface area contributed by atoms with Crippen molar-refractivity contribution in [1.29, 1.82) is 0 Å². The van der Waals surface area contributed by atoms with Crippen LogP contribution in [-0.2, 0) is 4.74 Å². The molecule has 116 valence electrons. The van der Waals surface area contributed by atoms with Gasteiger partial charge in [0.2, 0.25) is 0 Å². The highest BCUT2D eigenvalue weighted by molar-refractivity contribution is 4.97. The van der Waals surface area contributed by atoms with Crippen molar-refractivity contribution in [2.75, 3.05) is 19.7 Å². The molecule has 1 aliphatic heterocycles. The molecule has 3 fully saturated rings. The molecule has 3 aliphatic rings. The summed E-state index contributed by atoms with van der Waals surface area (Å²) in [6, 6.07) is 0. The molecule has 2 saturated carbocycles. The van der Waals surface area contributed by atoms with Gasteiger partial charge in [0.05, 0.1) is 5.60 Å². The Morgan fingerprint density at radius 3 is 2.75 bits per heavy atom. The van der Waals surface area contributed by atoms with Crippen LogP contribution in [0, 0.1) is 23.7 Å². The van der Waals surface area contributed by atoms with Gasteiger partial charge in [-0.2, -0.15) is 0 Å². The standard InChI is InChI=1S/C18H33NO/c1-3-19-13-16-6-5-14(2)11-17(16)15-7-10-20-18(12-15)8-4-9-18/h14-17,19H,3-13H2,1-2H3. The fraction of sp³-hybridized carbons (Fsp3) is 1.00. The van der Waals surface area contributed by atoms with E-state index in [-0.39, 0.29) is 0 Å². The first-order valence-corrected chi connectivity index (χ1v) is 9.07. The van der Waals surface area contributed by atoms with E-state index in [0.29, 0.717) is 5.60 Å². The van der Waals surface area contributed by atoms with Crippen LogP contribution in [0.2, 0.25) is 0 Å². The lowest BCUT2D eigenvalue weighted by Gasteiger charge is -2.51. The van der Waals surface area contributed by atoms with Crippen molar-refractivity contribution in [2.24, 2.45) is 23.7 Å². The molecule has 1 spiro atoms. The third-order valence-electron chi connectivity index (χ3n) is 6.37. The third-order valence-corrected chi connectivity index (χ3v) is 6.37. The van der Waals surface area contributed by atoms with Crippen LogP contribution in [-0.4, -0.2) is 25.3 Å². The number of rotatable bonds is 4. The van der Waals surface area contributed by atoms with E-state index in [1.807, 2.05) is 0 Å². The highest BCUT2D eigenvalue weighted by atomic mass is 16.5. The van der Waals surface area contributed by atoms with E-state index >= 15 is 0 Å². The van der Waals surface area contributed by atoms with Gasteiger partial charge < -0.3 is 10.1 Å². The lowest BCUT2D eigenvalue weighted by Crippen LogP contribution is -2.48. The van der Waals surface area contributed by atoms with Gasteiger partial charge in [-0.1, -0.05) is 20.3 Å². The Morgan fingerprint density at radius 2 is 2.05 bits per heavy atom. The predicted octanol–water partition coefficient (Wildman–Crippen LogP) is 4.00. The number of nitrogens with one attached hydrogen (secondary N) is 1. The number of hydrogen-bond donors (Lipinski definition) is 1. The van der Waals surface area contributed by atoms with E-state index < -0.39 is 0 Å². The van der Waals surface area contributed by atoms with Crippen molar-refractivity contribution in [1.82, 2.24) is 5.32 Å². The van der Waals surface area contributed by atoms with Gasteiger partial charge in [-0.3, -0.25) is 0 Å². The summed E-state index contributed by atoms with van der Waals surface area (Å²) < 4.78 is 6.15. The highest BCUT2D eigenvalue weighted by Gasteiger charge is 2.46. The summed E-state index contributed by atoms with van der Waals surface area (Å²) in [6.07, 6.45) is 11.1. The molecule has 0 aromatic carbocycles.